The van der Waals surface area contributed by atoms with Gasteiger partial charge in [0.05, 0.1) is 6.04 Å². The second kappa shape index (κ2) is 5.05. The summed E-state index contributed by atoms with van der Waals surface area (Å²) in [7, 11) is 0. The van der Waals surface area contributed by atoms with Gasteiger partial charge in [0, 0.05) is 25.4 Å². The van der Waals surface area contributed by atoms with Gasteiger partial charge in [-0.1, -0.05) is 6.07 Å². The second-order valence-corrected chi connectivity index (χ2v) is 4.26. The number of pyridine rings is 1. The van der Waals surface area contributed by atoms with Crippen molar-refractivity contribution in [3.63, 3.8) is 0 Å². The van der Waals surface area contributed by atoms with Gasteiger partial charge in [-0.15, -0.1) is 0 Å². The van der Waals surface area contributed by atoms with E-state index in [0.717, 1.165) is 11.1 Å². The van der Waals surface area contributed by atoms with Crippen molar-refractivity contribution in [1.82, 2.24) is 15.6 Å². The molecule has 2 N–H and O–H groups in total. The summed E-state index contributed by atoms with van der Waals surface area (Å²) in [5.74, 6) is -0.424. The number of hydrogen-bond donors (Lipinski definition) is 2. The van der Waals surface area contributed by atoms with E-state index >= 15 is 0 Å². The lowest BCUT2D eigenvalue weighted by Crippen LogP contribution is -2.50. The Morgan fingerprint density at radius 3 is 3.00 bits per heavy atom. The minimum absolute atomic E-state index is 0.190. The van der Waals surface area contributed by atoms with E-state index < -0.39 is 0 Å². The number of nitrogens with one attached hydrogen (secondary N) is 2. The quantitative estimate of drug-likeness (QED) is 0.736. The molecule has 1 saturated heterocycles. The van der Waals surface area contributed by atoms with Gasteiger partial charge >= 0.3 is 0 Å². The summed E-state index contributed by atoms with van der Waals surface area (Å²) < 4.78 is 0. The number of hydrogen-bond acceptors (Lipinski definition) is 4. The summed E-state index contributed by atoms with van der Waals surface area (Å²) in [6, 6.07) is 1.74. The van der Waals surface area contributed by atoms with Crippen molar-refractivity contribution >= 4 is 11.8 Å². The van der Waals surface area contributed by atoms with E-state index in [1.165, 1.54) is 0 Å². The normalized spacial score (nSPS) is 20.2. The first-order chi connectivity index (χ1) is 8.15. The van der Waals surface area contributed by atoms with E-state index in [4.69, 9.17) is 0 Å². The molecule has 1 aromatic rings. The number of carbonyl (C=O) groups is 2. The van der Waals surface area contributed by atoms with E-state index in [-0.39, 0.29) is 17.9 Å². The van der Waals surface area contributed by atoms with E-state index in [0.29, 0.717) is 19.4 Å². The molecule has 90 valence electrons. The Bertz CT molecular complexity index is 445. The van der Waals surface area contributed by atoms with Gasteiger partial charge in [0.2, 0.25) is 11.8 Å². The van der Waals surface area contributed by atoms with Crippen molar-refractivity contribution in [2.24, 2.45) is 0 Å². The molecular formula is C12H15N3O2. The number of aromatic nitrogens is 1. The summed E-state index contributed by atoms with van der Waals surface area (Å²) in [5, 5.41) is 5.45. The molecule has 1 aliphatic rings. The molecular weight excluding hydrogens is 218 g/mol. The zero-order chi connectivity index (χ0) is 12.3. The van der Waals surface area contributed by atoms with Crippen LogP contribution in [-0.4, -0.2) is 22.8 Å². The van der Waals surface area contributed by atoms with Gasteiger partial charge in [0.1, 0.15) is 0 Å². The average molecular weight is 233 g/mol. The summed E-state index contributed by atoms with van der Waals surface area (Å²) in [5.41, 5.74) is 2.13. The average Bonchev–Trinajstić information content (AvgIpc) is 2.28. The Morgan fingerprint density at radius 2 is 2.29 bits per heavy atom. The maximum atomic E-state index is 11.5. The van der Waals surface area contributed by atoms with Crippen molar-refractivity contribution in [3.8, 4) is 0 Å². The Morgan fingerprint density at radius 1 is 1.47 bits per heavy atom. The fourth-order valence-electron chi connectivity index (χ4n) is 1.84. The predicted octanol–water partition coefficient (Wildman–Crippen LogP) is 0.285. The topological polar surface area (TPSA) is 71.1 Å². The van der Waals surface area contributed by atoms with Crippen LogP contribution in [0, 0.1) is 6.92 Å². The molecule has 1 aromatic heterocycles. The Labute approximate surface area is 99.6 Å². The predicted molar refractivity (Wildman–Crippen MR) is 62.0 cm³/mol. The van der Waals surface area contributed by atoms with Crippen molar-refractivity contribution in [3.05, 3.63) is 29.6 Å². The van der Waals surface area contributed by atoms with Crippen molar-refractivity contribution in [2.45, 2.75) is 32.4 Å². The lowest BCUT2D eigenvalue weighted by atomic mass is 10.1. The van der Waals surface area contributed by atoms with E-state index in [2.05, 4.69) is 15.6 Å². The van der Waals surface area contributed by atoms with Crippen molar-refractivity contribution in [2.75, 3.05) is 0 Å². The number of rotatable bonds is 3. The molecule has 2 heterocycles. The number of aryl methyl sites for hydroxylation is 1. The second-order valence-electron chi connectivity index (χ2n) is 4.26. The van der Waals surface area contributed by atoms with Crippen LogP contribution in [0.15, 0.2) is 18.5 Å². The Balaban J connectivity index is 1.90. The third-order valence-electron chi connectivity index (χ3n) is 2.72. The Kier molecular flexibility index (Phi) is 3.49. The SMILES string of the molecule is Cc1cncc(CNC2CCC(=O)NC2=O)c1. The van der Waals surface area contributed by atoms with E-state index in [9.17, 15) is 9.59 Å². The number of imide groups is 1. The van der Waals surface area contributed by atoms with Gasteiger partial charge in [-0.05, 0) is 24.5 Å². The van der Waals surface area contributed by atoms with Gasteiger partial charge < -0.3 is 5.32 Å². The van der Waals surface area contributed by atoms with Gasteiger partial charge in [-0.25, -0.2) is 0 Å². The van der Waals surface area contributed by atoms with E-state index in [1.807, 2.05) is 13.0 Å². The number of amides is 2. The zero-order valence-corrected chi connectivity index (χ0v) is 9.69. The van der Waals surface area contributed by atoms with Crippen LogP contribution in [-0.2, 0) is 16.1 Å². The highest BCUT2D eigenvalue weighted by molar-refractivity contribution is 6.00. The molecule has 1 fully saturated rings. The Hall–Kier alpha value is -1.75. The van der Waals surface area contributed by atoms with Gasteiger partial charge in [0.25, 0.3) is 0 Å². The highest BCUT2D eigenvalue weighted by Gasteiger charge is 2.25. The van der Waals surface area contributed by atoms with Gasteiger partial charge in [-0.2, -0.15) is 0 Å². The molecule has 2 rings (SSSR count). The molecule has 0 radical (unpaired) electrons. The first-order valence-corrected chi connectivity index (χ1v) is 5.63. The fourth-order valence-corrected chi connectivity index (χ4v) is 1.84. The highest BCUT2D eigenvalue weighted by atomic mass is 16.2. The van der Waals surface area contributed by atoms with Crippen LogP contribution in [0.4, 0.5) is 0 Å². The summed E-state index contributed by atoms with van der Waals surface area (Å²) in [6.07, 6.45) is 4.51. The molecule has 17 heavy (non-hydrogen) atoms. The molecule has 2 amide bonds. The summed E-state index contributed by atoms with van der Waals surface area (Å²) in [6.45, 7) is 2.56. The van der Waals surface area contributed by atoms with Crippen LogP contribution in [0.2, 0.25) is 0 Å². The number of carbonyl (C=O) groups excluding carboxylic acids is 2. The first kappa shape index (κ1) is 11.7. The van der Waals surface area contributed by atoms with Crippen LogP contribution in [0.25, 0.3) is 0 Å². The maximum Gasteiger partial charge on any atom is 0.243 e. The summed E-state index contributed by atoms with van der Waals surface area (Å²) in [4.78, 5) is 26.5. The highest BCUT2D eigenvalue weighted by Crippen LogP contribution is 2.06. The molecule has 0 bridgehead atoms. The largest absolute Gasteiger partial charge is 0.302 e. The smallest absolute Gasteiger partial charge is 0.243 e. The molecule has 0 aliphatic carbocycles. The van der Waals surface area contributed by atoms with Gasteiger partial charge in [0.15, 0.2) is 0 Å². The molecule has 1 unspecified atom stereocenters. The third-order valence-corrected chi connectivity index (χ3v) is 2.72. The molecule has 1 atom stereocenters. The number of piperidine rings is 1. The van der Waals surface area contributed by atoms with E-state index in [1.54, 1.807) is 12.4 Å². The zero-order valence-electron chi connectivity index (χ0n) is 9.69. The summed E-state index contributed by atoms with van der Waals surface area (Å²) >= 11 is 0. The molecule has 1 aliphatic heterocycles. The van der Waals surface area contributed by atoms with Crippen molar-refractivity contribution in [1.29, 1.82) is 0 Å². The molecule has 0 saturated carbocycles. The van der Waals surface area contributed by atoms with Crippen LogP contribution in [0.3, 0.4) is 0 Å². The number of nitrogens with zero attached hydrogens (tertiary/aromatic N) is 1. The molecule has 0 spiro atoms. The minimum Gasteiger partial charge on any atom is -0.302 e. The molecule has 0 aromatic carbocycles. The monoisotopic (exact) mass is 233 g/mol. The molecule has 5 nitrogen and oxygen atoms in total. The third kappa shape index (κ3) is 3.10. The molecule has 5 heteroatoms. The lowest BCUT2D eigenvalue weighted by molar-refractivity contribution is -0.134. The maximum absolute atomic E-state index is 11.5. The first-order valence-electron chi connectivity index (χ1n) is 5.63. The fraction of sp³-hybridized carbons (Fsp3) is 0.417. The van der Waals surface area contributed by atoms with Crippen LogP contribution >= 0.6 is 0 Å². The minimum atomic E-state index is -0.284. The van der Waals surface area contributed by atoms with Gasteiger partial charge in [-0.3, -0.25) is 19.9 Å². The van der Waals surface area contributed by atoms with Crippen LogP contribution in [0.5, 0.6) is 0 Å². The lowest BCUT2D eigenvalue weighted by Gasteiger charge is -2.21. The van der Waals surface area contributed by atoms with Crippen LogP contribution in [0.1, 0.15) is 24.0 Å². The van der Waals surface area contributed by atoms with Crippen LogP contribution < -0.4 is 10.6 Å². The standard InChI is InChI=1S/C12H15N3O2/c1-8-4-9(6-13-5-8)7-14-10-2-3-11(16)15-12(10)17/h4-6,10,14H,2-3,7H2,1H3,(H,15,16,17). The van der Waals surface area contributed by atoms with Crippen molar-refractivity contribution < 1.29 is 9.59 Å².